The number of rotatable bonds is 3. The van der Waals surface area contributed by atoms with Gasteiger partial charge >= 0.3 is 0 Å². The first-order valence-electron chi connectivity index (χ1n) is 3.96. The Labute approximate surface area is 84.4 Å². The van der Waals surface area contributed by atoms with Gasteiger partial charge in [0.2, 0.25) is 0 Å². The summed E-state index contributed by atoms with van der Waals surface area (Å²) in [6.07, 6.45) is 5.89. The van der Waals surface area contributed by atoms with E-state index in [0.29, 0.717) is 11.0 Å². The SMILES string of the molecule is Fc1cncc(CSc2ncco2)c1. The van der Waals surface area contributed by atoms with Gasteiger partial charge in [0.25, 0.3) is 5.22 Å². The average Bonchev–Trinajstić information content (AvgIpc) is 2.67. The van der Waals surface area contributed by atoms with Gasteiger partial charge in [-0.05, 0) is 11.6 Å². The first-order chi connectivity index (χ1) is 6.84. The molecule has 14 heavy (non-hydrogen) atoms. The van der Waals surface area contributed by atoms with Crippen LogP contribution < -0.4 is 0 Å². The van der Waals surface area contributed by atoms with Crippen LogP contribution in [0.4, 0.5) is 4.39 Å². The third-order valence-corrected chi connectivity index (χ3v) is 2.46. The summed E-state index contributed by atoms with van der Waals surface area (Å²) in [6.45, 7) is 0. The van der Waals surface area contributed by atoms with Crippen LogP contribution in [0.3, 0.4) is 0 Å². The van der Waals surface area contributed by atoms with E-state index in [9.17, 15) is 4.39 Å². The summed E-state index contributed by atoms with van der Waals surface area (Å²) < 4.78 is 17.7. The van der Waals surface area contributed by atoms with Crippen LogP contribution in [-0.2, 0) is 5.75 Å². The second-order valence-electron chi connectivity index (χ2n) is 2.60. The Balaban J connectivity index is 1.98. The van der Waals surface area contributed by atoms with Gasteiger partial charge in [-0.1, -0.05) is 11.8 Å². The van der Waals surface area contributed by atoms with Crippen LogP contribution in [0.1, 0.15) is 5.56 Å². The smallest absolute Gasteiger partial charge is 0.255 e. The normalized spacial score (nSPS) is 10.4. The number of halogens is 1. The zero-order valence-electron chi connectivity index (χ0n) is 7.18. The second kappa shape index (κ2) is 4.23. The average molecular weight is 210 g/mol. The van der Waals surface area contributed by atoms with E-state index < -0.39 is 0 Å². The molecule has 5 heteroatoms. The predicted molar refractivity (Wildman–Crippen MR) is 50.3 cm³/mol. The number of hydrogen-bond donors (Lipinski definition) is 0. The summed E-state index contributed by atoms with van der Waals surface area (Å²) in [5, 5.41) is 0.578. The molecule has 0 aliphatic heterocycles. The summed E-state index contributed by atoms with van der Waals surface area (Å²) in [7, 11) is 0. The van der Waals surface area contributed by atoms with E-state index >= 15 is 0 Å². The van der Waals surface area contributed by atoms with E-state index in [1.165, 1.54) is 30.3 Å². The van der Waals surface area contributed by atoms with Crippen LogP contribution in [0, 0.1) is 5.82 Å². The maximum absolute atomic E-state index is 12.7. The van der Waals surface area contributed by atoms with Crippen molar-refractivity contribution >= 4 is 11.8 Å². The number of oxazole rings is 1. The first kappa shape index (κ1) is 9.21. The fraction of sp³-hybridized carbons (Fsp3) is 0.111. The van der Waals surface area contributed by atoms with Gasteiger partial charge < -0.3 is 4.42 Å². The molecule has 2 aromatic rings. The highest BCUT2D eigenvalue weighted by Crippen LogP contribution is 2.20. The number of pyridine rings is 1. The Morgan fingerprint density at radius 3 is 3.07 bits per heavy atom. The molecule has 0 N–H and O–H groups in total. The zero-order valence-corrected chi connectivity index (χ0v) is 8.00. The van der Waals surface area contributed by atoms with E-state index in [1.807, 2.05) is 0 Å². The fourth-order valence-electron chi connectivity index (χ4n) is 0.962. The van der Waals surface area contributed by atoms with Crippen molar-refractivity contribution in [2.45, 2.75) is 11.0 Å². The molecule has 0 radical (unpaired) electrons. The zero-order chi connectivity index (χ0) is 9.80. The summed E-state index contributed by atoms with van der Waals surface area (Å²) in [4.78, 5) is 7.68. The van der Waals surface area contributed by atoms with Crippen LogP contribution in [-0.4, -0.2) is 9.97 Å². The summed E-state index contributed by atoms with van der Waals surface area (Å²) in [5.74, 6) is 0.279. The standard InChI is InChI=1S/C9H7FN2OS/c10-8-3-7(4-11-5-8)6-14-9-12-1-2-13-9/h1-5H,6H2. The van der Waals surface area contributed by atoms with Crippen LogP contribution >= 0.6 is 11.8 Å². The predicted octanol–water partition coefficient (Wildman–Crippen LogP) is 2.50. The molecule has 0 aromatic carbocycles. The Morgan fingerprint density at radius 1 is 1.43 bits per heavy atom. The van der Waals surface area contributed by atoms with E-state index in [0.717, 1.165) is 5.56 Å². The first-order valence-corrected chi connectivity index (χ1v) is 4.95. The monoisotopic (exact) mass is 210 g/mol. The van der Waals surface area contributed by atoms with Crippen molar-refractivity contribution in [1.29, 1.82) is 0 Å². The minimum Gasteiger partial charge on any atom is -0.440 e. The maximum Gasteiger partial charge on any atom is 0.255 e. The highest BCUT2D eigenvalue weighted by molar-refractivity contribution is 7.98. The molecule has 0 unspecified atom stereocenters. The largest absolute Gasteiger partial charge is 0.440 e. The van der Waals surface area contributed by atoms with E-state index in [2.05, 4.69) is 9.97 Å². The Kier molecular flexibility index (Phi) is 2.78. The molecule has 0 spiro atoms. The van der Waals surface area contributed by atoms with Gasteiger partial charge in [-0.3, -0.25) is 4.98 Å². The van der Waals surface area contributed by atoms with Crippen LogP contribution in [0.15, 0.2) is 40.6 Å². The molecule has 0 aliphatic rings. The molecule has 0 aliphatic carbocycles. The summed E-state index contributed by atoms with van der Waals surface area (Å²) in [6, 6.07) is 1.45. The maximum atomic E-state index is 12.7. The third kappa shape index (κ3) is 2.32. The number of thioether (sulfide) groups is 1. The van der Waals surface area contributed by atoms with Gasteiger partial charge in [0.05, 0.1) is 12.4 Å². The Morgan fingerprint density at radius 2 is 2.36 bits per heavy atom. The van der Waals surface area contributed by atoms with Crippen LogP contribution in [0.25, 0.3) is 0 Å². The molecule has 0 saturated heterocycles. The highest BCUT2D eigenvalue weighted by Gasteiger charge is 2.01. The Hall–Kier alpha value is -1.36. The van der Waals surface area contributed by atoms with Crippen molar-refractivity contribution in [2.75, 3.05) is 0 Å². The Bertz CT molecular complexity index is 405. The molecular formula is C9H7FN2OS. The van der Waals surface area contributed by atoms with E-state index in [-0.39, 0.29) is 5.82 Å². The lowest BCUT2D eigenvalue weighted by atomic mass is 10.3. The number of hydrogen-bond acceptors (Lipinski definition) is 4. The fourth-order valence-corrected chi connectivity index (χ4v) is 1.67. The third-order valence-electron chi connectivity index (χ3n) is 1.53. The van der Waals surface area contributed by atoms with Gasteiger partial charge in [0, 0.05) is 11.9 Å². The van der Waals surface area contributed by atoms with Crippen molar-refractivity contribution in [3.05, 3.63) is 42.3 Å². The lowest BCUT2D eigenvalue weighted by molar-refractivity contribution is 0.454. The molecule has 0 amide bonds. The quantitative estimate of drug-likeness (QED) is 0.729. The molecule has 2 aromatic heterocycles. The molecular weight excluding hydrogens is 203 g/mol. The molecule has 0 fully saturated rings. The van der Waals surface area contributed by atoms with Crippen molar-refractivity contribution in [3.63, 3.8) is 0 Å². The summed E-state index contributed by atoms with van der Waals surface area (Å²) >= 11 is 1.40. The molecule has 2 heterocycles. The molecule has 2 rings (SSSR count). The van der Waals surface area contributed by atoms with Gasteiger partial charge in [0.1, 0.15) is 12.1 Å². The van der Waals surface area contributed by atoms with Gasteiger partial charge in [-0.15, -0.1) is 0 Å². The number of nitrogens with zero attached hydrogens (tertiary/aromatic N) is 2. The molecule has 0 bridgehead atoms. The molecule has 0 saturated carbocycles. The molecule has 72 valence electrons. The van der Waals surface area contributed by atoms with Crippen molar-refractivity contribution in [2.24, 2.45) is 0 Å². The molecule has 0 atom stereocenters. The van der Waals surface area contributed by atoms with Crippen molar-refractivity contribution < 1.29 is 8.81 Å². The lowest BCUT2D eigenvalue weighted by Gasteiger charge is -1.97. The van der Waals surface area contributed by atoms with Gasteiger partial charge in [-0.2, -0.15) is 0 Å². The highest BCUT2D eigenvalue weighted by atomic mass is 32.2. The van der Waals surface area contributed by atoms with Gasteiger partial charge in [-0.25, -0.2) is 9.37 Å². The summed E-state index contributed by atoms with van der Waals surface area (Å²) in [5.41, 5.74) is 0.813. The topological polar surface area (TPSA) is 38.9 Å². The van der Waals surface area contributed by atoms with Crippen molar-refractivity contribution in [1.82, 2.24) is 9.97 Å². The van der Waals surface area contributed by atoms with E-state index in [4.69, 9.17) is 4.42 Å². The minimum atomic E-state index is -0.324. The van der Waals surface area contributed by atoms with E-state index in [1.54, 1.807) is 12.4 Å². The minimum absolute atomic E-state index is 0.324. The van der Waals surface area contributed by atoms with Crippen molar-refractivity contribution in [3.8, 4) is 0 Å². The van der Waals surface area contributed by atoms with Crippen LogP contribution in [0.2, 0.25) is 0 Å². The number of aromatic nitrogens is 2. The second-order valence-corrected chi connectivity index (χ2v) is 3.52. The lowest BCUT2D eigenvalue weighted by Crippen LogP contribution is -1.85. The van der Waals surface area contributed by atoms with Gasteiger partial charge in [0.15, 0.2) is 0 Å². The molecule has 3 nitrogen and oxygen atoms in total. The van der Waals surface area contributed by atoms with Crippen LogP contribution in [0.5, 0.6) is 0 Å².